The highest BCUT2D eigenvalue weighted by atomic mass is 16.5. The van der Waals surface area contributed by atoms with Crippen LogP contribution in [0.15, 0.2) is 47.3 Å². The third kappa shape index (κ3) is 3.78. The molecular weight excluding hydrogens is 314 g/mol. The molecule has 2 aliphatic heterocycles. The molecule has 4 rings (SSSR count). The van der Waals surface area contributed by atoms with Gasteiger partial charge in [0.25, 0.3) is 0 Å². The van der Waals surface area contributed by atoms with Crippen molar-refractivity contribution >= 4 is 0 Å². The summed E-state index contributed by atoms with van der Waals surface area (Å²) in [5.74, 6) is 1.72. The molecule has 5 heteroatoms. The van der Waals surface area contributed by atoms with Crippen LogP contribution in [0.3, 0.4) is 0 Å². The smallest absolute Gasteiger partial charge is 0.117 e. The lowest BCUT2D eigenvalue weighted by Crippen LogP contribution is -2.71. The first-order valence-corrected chi connectivity index (χ1v) is 9.16. The second kappa shape index (κ2) is 7.28. The van der Waals surface area contributed by atoms with Gasteiger partial charge >= 0.3 is 0 Å². The average molecular weight is 341 g/mol. The van der Waals surface area contributed by atoms with Gasteiger partial charge in [-0.3, -0.25) is 14.8 Å². The van der Waals surface area contributed by atoms with Gasteiger partial charge in [0.05, 0.1) is 19.4 Å². The minimum atomic E-state index is 0.329. The Morgan fingerprint density at radius 3 is 2.88 bits per heavy atom. The van der Waals surface area contributed by atoms with E-state index in [-0.39, 0.29) is 0 Å². The van der Waals surface area contributed by atoms with Gasteiger partial charge in [-0.15, -0.1) is 0 Å². The van der Waals surface area contributed by atoms with E-state index in [1.54, 1.807) is 6.26 Å². The first-order chi connectivity index (χ1) is 12.2. The molecule has 2 saturated heterocycles. The van der Waals surface area contributed by atoms with Crippen molar-refractivity contribution in [2.24, 2.45) is 5.92 Å². The topological polar surface area (TPSA) is 41.7 Å². The van der Waals surface area contributed by atoms with Crippen molar-refractivity contribution in [3.05, 3.63) is 54.2 Å². The number of furan rings is 1. The molecule has 1 atom stereocenters. The van der Waals surface area contributed by atoms with Crippen molar-refractivity contribution < 1.29 is 9.15 Å². The third-order valence-electron chi connectivity index (χ3n) is 5.72. The molecule has 2 aromatic heterocycles. The Labute approximate surface area is 149 Å². The minimum absolute atomic E-state index is 0.329. The van der Waals surface area contributed by atoms with Gasteiger partial charge in [0.2, 0.25) is 0 Å². The van der Waals surface area contributed by atoms with Gasteiger partial charge in [-0.05, 0) is 62.2 Å². The van der Waals surface area contributed by atoms with Gasteiger partial charge in [0.1, 0.15) is 5.76 Å². The van der Waals surface area contributed by atoms with Crippen molar-refractivity contribution in [1.29, 1.82) is 0 Å². The van der Waals surface area contributed by atoms with Crippen LogP contribution in [0, 0.1) is 5.92 Å². The summed E-state index contributed by atoms with van der Waals surface area (Å²) < 4.78 is 11.5. The molecule has 134 valence electrons. The SMILES string of the molecule is CN1CC[C@@H](COCc2ccncc2)CC12CN(Cc1ccco1)C2. The summed E-state index contributed by atoms with van der Waals surface area (Å²) in [7, 11) is 2.28. The van der Waals surface area contributed by atoms with E-state index in [2.05, 4.69) is 27.9 Å². The van der Waals surface area contributed by atoms with E-state index in [4.69, 9.17) is 9.15 Å². The van der Waals surface area contributed by atoms with Gasteiger partial charge in [0.15, 0.2) is 0 Å². The number of rotatable bonds is 6. The molecule has 0 aliphatic carbocycles. The Hall–Kier alpha value is -1.69. The standard InChI is InChI=1S/C20H27N3O2/c1-22-9-6-18(14-24-13-17-4-7-21-8-5-17)11-20(22)15-23(16-20)12-19-3-2-10-25-19/h2-5,7-8,10,18H,6,9,11-16H2,1H3/t18-/m1/s1. The van der Waals surface area contributed by atoms with Gasteiger partial charge in [-0.2, -0.15) is 0 Å². The second-order valence-corrected chi connectivity index (χ2v) is 7.60. The maximum absolute atomic E-state index is 5.99. The zero-order valence-corrected chi connectivity index (χ0v) is 14.9. The molecule has 0 bridgehead atoms. The molecule has 2 fully saturated rings. The lowest BCUT2D eigenvalue weighted by atomic mass is 9.75. The van der Waals surface area contributed by atoms with Crippen molar-refractivity contribution in [3.63, 3.8) is 0 Å². The molecule has 0 saturated carbocycles. The lowest BCUT2D eigenvalue weighted by molar-refractivity contribution is -0.0951. The molecule has 0 N–H and O–H groups in total. The Morgan fingerprint density at radius 2 is 2.12 bits per heavy atom. The number of hydrogen-bond donors (Lipinski definition) is 0. The van der Waals surface area contributed by atoms with Crippen LogP contribution in [-0.2, 0) is 17.9 Å². The van der Waals surface area contributed by atoms with Crippen LogP contribution in [0.1, 0.15) is 24.2 Å². The molecular formula is C20H27N3O2. The number of nitrogens with zero attached hydrogens (tertiary/aromatic N) is 3. The number of hydrogen-bond acceptors (Lipinski definition) is 5. The fourth-order valence-corrected chi connectivity index (χ4v) is 4.26. The molecule has 4 heterocycles. The number of ether oxygens (including phenoxy) is 1. The van der Waals surface area contributed by atoms with Gasteiger partial charge < -0.3 is 9.15 Å². The number of aromatic nitrogens is 1. The van der Waals surface area contributed by atoms with E-state index in [1.807, 2.05) is 30.6 Å². The monoisotopic (exact) mass is 341 g/mol. The van der Waals surface area contributed by atoms with Crippen LogP contribution < -0.4 is 0 Å². The normalized spacial score (nSPS) is 23.6. The van der Waals surface area contributed by atoms with Gasteiger partial charge in [0, 0.05) is 37.6 Å². The van der Waals surface area contributed by atoms with E-state index in [0.29, 0.717) is 18.1 Å². The minimum Gasteiger partial charge on any atom is -0.468 e. The van der Waals surface area contributed by atoms with Crippen LogP contribution in [0.5, 0.6) is 0 Å². The number of likely N-dealkylation sites (tertiary alicyclic amines) is 2. The molecule has 2 aromatic rings. The summed E-state index contributed by atoms with van der Waals surface area (Å²) in [5, 5.41) is 0. The summed E-state index contributed by atoms with van der Waals surface area (Å²) in [6.07, 6.45) is 7.87. The maximum atomic E-state index is 5.99. The Morgan fingerprint density at radius 1 is 1.28 bits per heavy atom. The van der Waals surface area contributed by atoms with Crippen LogP contribution in [-0.4, -0.2) is 53.6 Å². The van der Waals surface area contributed by atoms with Crippen LogP contribution in [0.4, 0.5) is 0 Å². The van der Waals surface area contributed by atoms with Crippen LogP contribution >= 0.6 is 0 Å². The van der Waals surface area contributed by atoms with Crippen molar-refractivity contribution in [3.8, 4) is 0 Å². The molecule has 5 nitrogen and oxygen atoms in total. The zero-order chi connectivity index (χ0) is 17.1. The van der Waals surface area contributed by atoms with Gasteiger partial charge in [-0.25, -0.2) is 0 Å². The van der Waals surface area contributed by atoms with Crippen molar-refractivity contribution in [2.45, 2.75) is 31.5 Å². The quantitative estimate of drug-likeness (QED) is 0.808. The van der Waals surface area contributed by atoms with Crippen LogP contribution in [0.25, 0.3) is 0 Å². The molecule has 0 radical (unpaired) electrons. The highest BCUT2D eigenvalue weighted by molar-refractivity contribution is 5.09. The molecule has 1 spiro atoms. The fraction of sp³-hybridized carbons (Fsp3) is 0.550. The Kier molecular flexibility index (Phi) is 4.88. The highest BCUT2D eigenvalue weighted by Gasteiger charge is 2.49. The van der Waals surface area contributed by atoms with Crippen LogP contribution in [0.2, 0.25) is 0 Å². The predicted octanol–water partition coefficient (Wildman–Crippen LogP) is 2.79. The molecule has 0 unspecified atom stereocenters. The summed E-state index contributed by atoms with van der Waals surface area (Å²) in [6, 6.07) is 8.07. The lowest BCUT2D eigenvalue weighted by Gasteiger charge is -2.58. The second-order valence-electron chi connectivity index (χ2n) is 7.60. The summed E-state index contributed by atoms with van der Waals surface area (Å²) >= 11 is 0. The number of piperidine rings is 1. The molecule has 0 amide bonds. The first kappa shape index (κ1) is 16.8. The van der Waals surface area contributed by atoms with Crippen molar-refractivity contribution in [2.75, 3.05) is 33.3 Å². The number of likely N-dealkylation sites (N-methyl/N-ethyl adjacent to an activating group) is 1. The van der Waals surface area contributed by atoms with Gasteiger partial charge in [-0.1, -0.05) is 0 Å². The largest absolute Gasteiger partial charge is 0.468 e. The van der Waals surface area contributed by atoms with E-state index in [0.717, 1.165) is 38.5 Å². The Balaban J connectivity index is 1.26. The van der Waals surface area contributed by atoms with E-state index < -0.39 is 0 Å². The summed E-state index contributed by atoms with van der Waals surface area (Å²) in [5.41, 5.74) is 1.53. The van der Waals surface area contributed by atoms with E-state index in [9.17, 15) is 0 Å². The Bertz CT molecular complexity index is 653. The molecule has 25 heavy (non-hydrogen) atoms. The third-order valence-corrected chi connectivity index (χ3v) is 5.72. The van der Waals surface area contributed by atoms with Crippen molar-refractivity contribution in [1.82, 2.24) is 14.8 Å². The maximum Gasteiger partial charge on any atom is 0.117 e. The average Bonchev–Trinajstić information content (AvgIpc) is 3.10. The van der Waals surface area contributed by atoms with E-state index in [1.165, 1.54) is 18.4 Å². The fourth-order valence-electron chi connectivity index (χ4n) is 4.26. The first-order valence-electron chi connectivity index (χ1n) is 9.16. The zero-order valence-electron chi connectivity index (χ0n) is 14.9. The molecule has 2 aliphatic rings. The number of pyridine rings is 1. The van der Waals surface area contributed by atoms with E-state index >= 15 is 0 Å². The molecule has 0 aromatic carbocycles. The summed E-state index contributed by atoms with van der Waals surface area (Å²) in [4.78, 5) is 9.09. The predicted molar refractivity (Wildman–Crippen MR) is 96.0 cm³/mol. The summed E-state index contributed by atoms with van der Waals surface area (Å²) in [6.45, 7) is 5.89. The highest BCUT2D eigenvalue weighted by Crippen LogP contribution is 2.39.